The van der Waals surface area contributed by atoms with Gasteiger partial charge >= 0.3 is 0 Å². The van der Waals surface area contributed by atoms with Crippen molar-refractivity contribution in [2.75, 3.05) is 18.8 Å². The predicted octanol–water partition coefficient (Wildman–Crippen LogP) is 1.98. The van der Waals surface area contributed by atoms with Crippen molar-refractivity contribution in [3.8, 4) is 11.4 Å². The van der Waals surface area contributed by atoms with E-state index in [-0.39, 0.29) is 0 Å². The van der Waals surface area contributed by atoms with Gasteiger partial charge in [-0.25, -0.2) is 4.68 Å². The van der Waals surface area contributed by atoms with Gasteiger partial charge in [-0.1, -0.05) is 11.6 Å². The summed E-state index contributed by atoms with van der Waals surface area (Å²) >= 11 is 6.28. The maximum absolute atomic E-state index is 6.28. The first-order chi connectivity index (χ1) is 10.2. The van der Waals surface area contributed by atoms with Crippen LogP contribution in [0.1, 0.15) is 25.3 Å². The van der Waals surface area contributed by atoms with Crippen LogP contribution in [0.5, 0.6) is 0 Å². The molecule has 2 fully saturated rings. The van der Waals surface area contributed by atoms with Crippen molar-refractivity contribution in [1.82, 2.24) is 25.1 Å². The number of likely N-dealkylation sites (tertiary alicyclic amines) is 1. The number of nitrogens with zero attached hydrogens (tertiary/aromatic N) is 5. The average molecular weight is 305 g/mol. The van der Waals surface area contributed by atoms with Gasteiger partial charge in [0.2, 0.25) is 0 Å². The molecule has 1 aromatic heterocycles. The van der Waals surface area contributed by atoms with E-state index < -0.39 is 0 Å². The quantitative estimate of drug-likeness (QED) is 0.878. The molecule has 1 aromatic carbocycles. The van der Waals surface area contributed by atoms with Crippen LogP contribution in [0.15, 0.2) is 18.2 Å². The lowest BCUT2D eigenvalue weighted by Gasteiger charge is -2.15. The Balaban J connectivity index is 1.66. The highest BCUT2D eigenvalue weighted by atomic mass is 35.5. The highest BCUT2D eigenvalue weighted by molar-refractivity contribution is 6.33. The number of aromatic nitrogens is 4. The Morgan fingerprint density at radius 1 is 1.19 bits per heavy atom. The Kier molecular flexibility index (Phi) is 3.08. The Hall–Kier alpha value is -1.66. The summed E-state index contributed by atoms with van der Waals surface area (Å²) in [5.74, 6) is 0.704. The average Bonchev–Trinajstić information content (AvgIpc) is 3.02. The molecule has 2 aliphatic rings. The molecule has 1 unspecified atom stereocenters. The van der Waals surface area contributed by atoms with Gasteiger partial charge in [0.05, 0.1) is 11.1 Å². The number of nitrogens with two attached hydrogens (primary N) is 1. The molecule has 7 heteroatoms. The SMILES string of the molecule is Nc1ccc(Cl)c(-c2nnnn2C2CCN(C3CC3)C2)c1. The van der Waals surface area contributed by atoms with Gasteiger partial charge in [-0.2, -0.15) is 0 Å². The fourth-order valence-corrected chi connectivity index (χ4v) is 3.27. The molecule has 2 N–H and O–H groups in total. The number of halogens is 1. The predicted molar refractivity (Wildman–Crippen MR) is 80.9 cm³/mol. The van der Waals surface area contributed by atoms with Crippen LogP contribution < -0.4 is 5.73 Å². The van der Waals surface area contributed by atoms with Gasteiger partial charge in [-0.3, -0.25) is 4.90 Å². The maximum atomic E-state index is 6.28. The highest BCUT2D eigenvalue weighted by Gasteiger charge is 2.36. The van der Waals surface area contributed by atoms with E-state index in [9.17, 15) is 0 Å². The summed E-state index contributed by atoms with van der Waals surface area (Å²) < 4.78 is 1.91. The summed E-state index contributed by atoms with van der Waals surface area (Å²) in [5, 5.41) is 12.8. The lowest BCUT2D eigenvalue weighted by atomic mass is 10.1. The van der Waals surface area contributed by atoms with Gasteiger partial charge in [0.15, 0.2) is 5.82 Å². The minimum absolute atomic E-state index is 0.313. The van der Waals surface area contributed by atoms with E-state index >= 15 is 0 Å². The van der Waals surface area contributed by atoms with E-state index in [1.165, 1.54) is 12.8 Å². The van der Waals surface area contributed by atoms with E-state index in [1.807, 2.05) is 10.7 Å². The molecule has 2 heterocycles. The number of benzene rings is 1. The molecule has 21 heavy (non-hydrogen) atoms. The lowest BCUT2D eigenvalue weighted by molar-refractivity contribution is 0.309. The van der Waals surface area contributed by atoms with E-state index in [0.717, 1.165) is 31.1 Å². The van der Waals surface area contributed by atoms with Gasteiger partial charge in [-0.15, -0.1) is 5.10 Å². The third kappa shape index (κ3) is 2.38. The summed E-state index contributed by atoms with van der Waals surface area (Å²) in [6, 6.07) is 6.50. The molecule has 1 saturated heterocycles. The van der Waals surface area contributed by atoms with E-state index in [1.54, 1.807) is 12.1 Å². The summed E-state index contributed by atoms with van der Waals surface area (Å²) in [6.07, 6.45) is 3.74. The van der Waals surface area contributed by atoms with Crippen LogP contribution in [0.3, 0.4) is 0 Å². The molecule has 0 spiro atoms. The third-order valence-corrected chi connectivity index (χ3v) is 4.66. The molecular weight excluding hydrogens is 288 g/mol. The van der Waals surface area contributed by atoms with Crippen molar-refractivity contribution in [1.29, 1.82) is 0 Å². The van der Waals surface area contributed by atoms with E-state index in [0.29, 0.717) is 22.6 Å². The molecule has 0 bridgehead atoms. The number of nitrogen functional groups attached to an aromatic ring is 1. The van der Waals surface area contributed by atoms with Gasteiger partial charge in [-0.05, 0) is 47.9 Å². The molecule has 1 aliphatic heterocycles. The van der Waals surface area contributed by atoms with Crippen molar-refractivity contribution in [3.63, 3.8) is 0 Å². The molecule has 2 aromatic rings. The Morgan fingerprint density at radius 2 is 2.05 bits per heavy atom. The first kappa shape index (κ1) is 13.0. The van der Waals surface area contributed by atoms with Crippen molar-refractivity contribution in [3.05, 3.63) is 23.2 Å². The number of rotatable bonds is 3. The van der Waals surface area contributed by atoms with Gasteiger partial charge in [0, 0.05) is 30.4 Å². The summed E-state index contributed by atoms with van der Waals surface area (Å²) in [7, 11) is 0. The maximum Gasteiger partial charge on any atom is 0.183 e. The number of tetrazole rings is 1. The Bertz CT molecular complexity index is 665. The topological polar surface area (TPSA) is 72.9 Å². The first-order valence-electron chi connectivity index (χ1n) is 7.29. The zero-order chi connectivity index (χ0) is 14.4. The highest BCUT2D eigenvalue weighted by Crippen LogP contribution is 2.35. The standard InChI is InChI=1S/C14H17ClN6/c15-13-4-1-9(16)7-12(13)14-17-18-19-21(14)11-5-6-20(8-11)10-2-3-10/h1,4,7,10-11H,2-3,5-6,8,16H2. The Labute approximate surface area is 127 Å². The molecule has 1 aliphatic carbocycles. The smallest absolute Gasteiger partial charge is 0.183 e. The monoisotopic (exact) mass is 304 g/mol. The number of hydrogen-bond donors (Lipinski definition) is 1. The van der Waals surface area contributed by atoms with Gasteiger partial charge in [0.1, 0.15) is 0 Å². The molecule has 0 amide bonds. The molecule has 1 atom stereocenters. The van der Waals surface area contributed by atoms with Crippen LogP contribution in [0.2, 0.25) is 5.02 Å². The van der Waals surface area contributed by atoms with Crippen LogP contribution in [0.4, 0.5) is 5.69 Å². The molecule has 4 rings (SSSR count). The second kappa shape index (κ2) is 4.96. The van der Waals surface area contributed by atoms with E-state index in [2.05, 4.69) is 20.4 Å². The summed E-state index contributed by atoms with van der Waals surface area (Å²) in [6.45, 7) is 2.14. The molecule has 110 valence electrons. The van der Waals surface area contributed by atoms with Gasteiger partial charge in [0.25, 0.3) is 0 Å². The zero-order valence-electron chi connectivity index (χ0n) is 11.6. The van der Waals surface area contributed by atoms with Gasteiger partial charge < -0.3 is 5.73 Å². The van der Waals surface area contributed by atoms with Crippen molar-refractivity contribution in [2.24, 2.45) is 0 Å². The summed E-state index contributed by atoms with van der Waals surface area (Å²) in [4.78, 5) is 2.54. The fourth-order valence-electron chi connectivity index (χ4n) is 3.07. The van der Waals surface area contributed by atoms with Crippen molar-refractivity contribution < 1.29 is 0 Å². The van der Waals surface area contributed by atoms with Crippen LogP contribution in [-0.4, -0.2) is 44.2 Å². The molecule has 6 nitrogen and oxygen atoms in total. The van der Waals surface area contributed by atoms with Crippen LogP contribution in [0.25, 0.3) is 11.4 Å². The fraction of sp³-hybridized carbons (Fsp3) is 0.500. The minimum atomic E-state index is 0.313. The zero-order valence-corrected chi connectivity index (χ0v) is 12.4. The minimum Gasteiger partial charge on any atom is -0.399 e. The summed E-state index contributed by atoms with van der Waals surface area (Å²) in [5.41, 5.74) is 7.32. The number of hydrogen-bond acceptors (Lipinski definition) is 5. The second-order valence-electron chi connectivity index (χ2n) is 5.85. The third-order valence-electron chi connectivity index (χ3n) is 4.33. The van der Waals surface area contributed by atoms with Crippen LogP contribution >= 0.6 is 11.6 Å². The largest absolute Gasteiger partial charge is 0.399 e. The second-order valence-corrected chi connectivity index (χ2v) is 6.26. The molecule has 1 saturated carbocycles. The lowest BCUT2D eigenvalue weighted by Crippen LogP contribution is -2.24. The first-order valence-corrected chi connectivity index (χ1v) is 7.67. The number of anilines is 1. The van der Waals surface area contributed by atoms with E-state index in [4.69, 9.17) is 17.3 Å². The van der Waals surface area contributed by atoms with Crippen molar-refractivity contribution >= 4 is 17.3 Å². The molecule has 0 radical (unpaired) electrons. The van der Waals surface area contributed by atoms with Crippen LogP contribution in [-0.2, 0) is 0 Å². The normalized spacial score (nSPS) is 22.8. The van der Waals surface area contributed by atoms with Crippen molar-refractivity contribution in [2.45, 2.75) is 31.3 Å². The molecular formula is C14H17ClN6. The Morgan fingerprint density at radius 3 is 2.86 bits per heavy atom. The van der Waals surface area contributed by atoms with Crippen LogP contribution in [0, 0.1) is 0 Å².